The number of hydrogen-bond acceptors (Lipinski definition) is 3. The average molecular weight is 726 g/mol. The summed E-state index contributed by atoms with van der Waals surface area (Å²) in [5.41, 5.74) is 0. The molecule has 0 bridgehead atoms. The number of halogens is 6. The number of ether oxygens (including phenoxy) is 2. The van der Waals surface area contributed by atoms with E-state index in [4.69, 9.17) is 14.6 Å². The van der Waals surface area contributed by atoms with Gasteiger partial charge in [-0.05, 0) is 122 Å². The fourth-order valence-electron chi connectivity index (χ4n) is 1.82. The van der Waals surface area contributed by atoms with Crippen molar-refractivity contribution in [3.05, 3.63) is 82.8 Å². The molecule has 148 valence electrons. The second kappa shape index (κ2) is 11.3. The van der Waals surface area contributed by atoms with E-state index in [9.17, 15) is 13.2 Å². The van der Waals surface area contributed by atoms with Crippen molar-refractivity contribution in [2.75, 3.05) is 6.79 Å². The van der Waals surface area contributed by atoms with Gasteiger partial charge in [-0.2, -0.15) is 0 Å². The zero-order valence-electron chi connectivity index (χ0n) is 13.9. The summed E-state index contributed by atoms with van der Waals surface area (Å²) in [7, 11) is 0. The second-order valence-electron chi connectivity index (χ2n) is 5.15. The van der Waals surface area contributed by atoms with Gasteiger partial charge in [0, 0.05) is 0 Å². The maximum atomic E-state index is 12.9. The third kappa shape index (κ3) is 7.46. The lowest BCUT2D eigenvalue weighted by molar-refractivity contribution is 0.118. The lowest BCUT2D eigenvalue weighted by Crippen LogP contribution is -2.07. The van der Waals surface area contributed by atoms with Crippen molar-refractivity contribution in [3.8, 4) is 17.2 Å². The molecule has 0 saturated heterocycles. The second-order valence-corrected chi connectivity index (χ2v) is 8.64. The predicted molar refractivity (Wildman–Crippen MR) is 125 cm³/mol. The summed E-state index contributed by atoms with van der Waals surface area (Å²) in [5, 5.41) is 8.87. The van der Waals surface area contributed by atoms with Crippen LogP contribution in [0.2, 0.25) is 0 Å². The van der Waals surface area contributed by atoms with Gasteiger partial charge in [-0.15, -0.1) is 0 Å². The molecule has 0 aliphatic rings. The zero-order chi connectivity index (χ0) is 20.7. The molecule has 3 rings (SSSR count). The van der Waals surface area contributed by atoms with Gasteiger partial charge in [0.15, 0.2) is 0 Å². The minimum absolute atomic E-state index is 0.0245. The highest BCUT2D eigenvalue weighted by molar-refractivity contribution is 14.1. The first-order valence-corrected chi connectivity index (χ1v) is 10.8. The molecule has 0 saturated carbocycles. The Balaban J connectivity index is 0.000000261. The number of hydrogen-bond donors (Lipinski definition) is 1. The van der Waals surface area contributed by atoms with Crippen LogP contribution in [0.4, 0.5) is 13.2 Å². The average Bonchev–Trinajstić information content (AvgIpc) is 2.62. The Labute approximate surface area is 200 Å². The van der Waals surface area contributed by atoms with Crippen LogP contribution in [-0.2, 0) is 0 Å². The Morgan fingerprint density at radius 1 is 0.643 bits per heavy atom. The van der Waals surface area contributed by atoms with Crippen LogP contribution >= 0.6 is 67.8 Å². The van der Waals surface area contributed by atoms with E-state index in [1.165, 1.54) is 54.6 Å². The van der Waals surface area contributed by atoms with Crippen LogP contribution in [0.15, 0.2) is 54.6 Å². The Bertz CT molecular complexity index is 903. The van der Waals surface area contributed by atoms with E-state index in [1.807, 2.05) is 67.8 Å². The number of phenolic OH excluding ortho intramolecular Hbond substituents is 1. The summed E-state index contributed by atoms with van der Waals surface area (Å²) in [6.07, 6.45) is 0. The molecule has 0 amide bonds. The lowest BCUT2D eigenvalue weighted by Gasteiger charge is -2.11. The molecule has 28 heavy (non-hydrogen) atoms. The van der Waals surface area contributed by atoms with Gasteiger partial charge < -0.3 is 14.6 Å². The smallest absolute Gasteiger partial charge is 0.230 e. The van der Waals surface area contributed by atoms with E-state index in [-0.39, 0.29) is 30.0 Å². The van der Waals surface area contributed by atoms with Crippen molar-refractivity contribution >= 4 is 67.8 Å². The van der Waals surface area contributed by atoms with E-state index >= 15 is 0 Å². The predicted octanol–water partition coefficient (Wildman–Crippen LogP) is 6.73. The molecule has 1 N–H and O–H groups in total. The van der Waals surface area contributed by atoms with Crippen molar-refractivity contribution in [1.82, 2.24) is 0 Å². The molecular formula is C19H12F3I3O3. The molecule has 3 nitrogen and oxygen atoms in total. The maximum Gasteiger partial charge on any atom is 0.230 e. The first-order chi connectivity index (χ1) is 13.3. The van der Waals surface area contributed by atoms with E-state index in [1.54, 1.807) is 0 Å². The Kier molecular flexibility index (Phi) is 9.40. The molecule has 0 aliphatic heterocycles. The molecular weight excluding hydrogens is 714 g/mol. The number of phenols is 1. The molecule has 0 radical (unpaired) electrons. The van der Waals surface area contributed by atoms with Gasteiger partial charge in [-0.1, -0.05) is 0 Å². The molecule has 0 fully saturated rings. The summed E-state index contributed by atoms with van der Waals surface area (Å²) < 4.78 is 50.7. The SMILES string of the molecule is Fc1ccc(OCOc2ccc(F)cc2I)c(I)c1.Oc1ccc(F)cc1I. The summed E-state index contributed by atoms with van der Waals surface area (Å²) in [4.78, 5) is 0. The van der Waals surface area contributed by atoms with Gasteiger partial charge in [-0.25, -0.2) is 13.2 Å². The third-order valence-corrected chi connectivity index (χ3v) is 5.68. The minimum atomic E-state index is -0.322. The molecule has 9 heteroatoms. The summed E-state index contributed by atoms with van der Waals surface area (Å²) >= 11 is 5.82. The number of benzene rings is 3. The summed E-state index contributed by atoms with van der Waals surface area (Å²) in [5.74, 6) is 0.254. The van der Waals surface area contributed by atoms with Crippen LogP contribution in [0.1, 0.15) is 0 Å². The monoisotopic (exact) mass is 726 g/mol. The Morgan fingerprint density at radius 3 is 1.39 bits per heavy atom. The minimum Gasteiger partial charge on any atom is -0.507 e. The van der Waals surface area contributed by atoms with Crippen molar-refractivity contribution in [3.63, 3.8) is 0 Å². The molecule has 0 unspecified atom stereocenters. The first-order valence-electron chi connectivity index (χ1n) is 7.56. The van der Waals surface area contributed by atoms with E-state index in [0.717, 1.165) is 0 Å². The molecule has 0 spiro atoms. The highest BCUT2D eigenvalue weighted by atomic mass is 127. The number of rotatable bonds is 4. The van der Waals surface area contributed by atoms with E-state index in [2.05, 4.69) is 0 Å². The largest absolute Gasteiger partial charge is 0.507 e. The van der Waals surface area contributed by atoms with E-state index in [0.29, 0.717) is 22.2 Å². The summed E-state index contributed by atoms with van der Waals surface area (Å²) in [6, 6.07) is 12.3. The third-order valence-electron chi connectivity index (χ3n) is 3.13. The van der Waals surface area contributed by atoms with Crippen molar-refractivity contribution < 1.29 is 27.8 Å². The fourth-order valence-corrected chi connectivity index (χ4v) is 3.57. The van der Waals surface area contributed by atoms with Crippen LogP contribution < -0.4 is 9.47 Å². The van der Waals surface area contributed by atoms with Gasteiger partial charge in [0.05, 0.1) is 10.7 Å². The van der Waals surface area contributed by atoms with Crippen molar-refractivity contribution in [1.29, 1.82) is 0 Å². The lowest BCUT2D eigenvalue weighted by atomic mass is 10.3. The van der Waals surface area contributed by atoms with E-state index < -0.39 is 0 Å². The van der Waals surface area contributed by atoms with Crippen LogP contribution in [-0.4, -0.2) is 11.9 Å². The molecule has 0 heterocycles. The fraction of sp³-hybridized carbons (Fsp3) is 0.0526. The van der Waals surface area contributed by atoms with Gasteiger partial charge in [0.1, 0.15) is 34.7 Å². The molecule has 0 aromatic heterocycles. The van der Waals surface area contributed by atoms with Crippen LogP contribution in [0, 0.1) is 28.2 Å². The molecule has 0 atom stereocenters. The van der Waals surface area contributed by atoms with Gasteiger partial charge >= 0.3 is 0 Å². The van der Waals surface area contributed by atoms with Crippen LogP contribution in [0.3, 0.4) is 0 Å². The number of aromatic hydroxyl groups is 1. The quantitative estimate of drug-likeness (QED) is 0.240. The Morgan fingerprint density at radius 2 is 1.04 bits per heavy atom. The molecule has 0 aliphatic carbocycles. The highest BCUT2D eigenvalue weighted by Crippen LogP contribution is 2.24. The van der Waals surface area contributed by atoms with Crippen LogP contribution in [0.5, 0.6) is 17.2 Å². The highest BCUT2D eigenvalue weighted by Gasteiger charge is 2.05. The van der Waals surface area contributed by atoms with Gasteiger partial charge in [0.25, 0.3) is 0 Å². The molecule has 3 aromatic rings. The molecule has 3 aromatic carbocycles. The van der Waals surface area contributed by atoms with Crippen molar-refractivity contribution in [2.45, 2.75) is 0 Å². The van der Waals surface area contributed by atoms with Crippen LogP contribution in [0.25, 0.3) is 0 Å². The summed E-state index contributed by atoms with van der Waals surface area (Å²) in [6.45, 7) is -0.0245. The first kappa shape index (κ1) is 23.3. The Hall–Kier alpha value is -0.960. The van der Waals surface area contributed by atoms with Gasteiger partial charge in [0.2, 0.25) is 6.79 Å². The zero-order valence-corrected chi connectivity index (χ0v) is 20.4. The van der Waals surface area contributed by atoms with Crippen molar-refractivity contribution in [2.24, 2.45) is 0 Å². The van der Waals surface area contributed by atoms with Gasteiger partial charge in [-0.3, -0.25) is 0 Å². The normalized spacial score (nSPS) is 10.1. The maximum absolute atomic E-state index is 12.9. The standard InChI is InChI=1S/C13H8F2I2O2.C6H4FIO/c14-8-1-3-12(10(16)5-8)18-7-19-13-4-2-9(15)6-11(13)17;7-4-1-2-6(9)5(8)3-4/h1-6H,7H2;1-3,9H. The topological polar surface area (TPSA) is 38.7 Å².